The molecule has 0 radical (unpaired) electrons. The van der Waals surface area contributed by atoms with Gasteiger partial charge in [0.05, 0.1) is 12.7 Å². The van der Waals surface area contributed by atoms with Gasteiger partial charge < -0.3 is 20.5 Å². The van der Waals surface area contributed by atoms with E-state index in [4.69, 9.17) is 15.2 Å². The van der Waals surface area contributed by atoms with Crippen molar-refractivity contribution in [3.63, 3.8) is 0 Å². The molecule has 2 fully saturated rings. The van der Waals surface area contributed by atoms with Crippen molar-refractivity contribution >= 4 is 5.96 Å². The second-order valence-electron chi connectivity index (χ2n) is 5.60. The second-order valence-corrected chi connectivity index (χ2v) is 5.60. The van der Waals surface area contributed by atoms with E-state index < -0.39 is 0 Å². The highest BCUT2D eigenvalue weighted by Gasteiger charge is 2.25. The van der Waals surface area contributed by atoms with Gasteiger partial charge in [-0.25, -0.2) is 0 Å². The van der Waals surface area contributed by atoms with Crippen LogP contribution in [0.1, 0.15) is 38.5 Å². The largest absolute Gasteiger partial charge is 0.379 e. The van der Waals surface area contributed by atoms with Crippen molar-refractivity contribution in [2.45, 2.75) is 50.7 Å². The molecule has 5 heteroatoms. The maximum atomic E-state index is 5.98. The summed E-state index contributed by atoms with van der Waals surface area (Å²) in [6.07, 6.45) is 7.54. The van der Waals surface area contributed by atoms with Gasteiger partial charge in [-0.1, -0.05) is 19.3 Å². The summed E-state index contributed by atoms with van der Waals surface area (Å²) in [5.74, 6) is 1.01. The van der Waals surface area contributed by atoms with Crippen LogP contribution in [0.5, 0.6) is 0 Å². The highest BCUT2D eigenvalue weighted by atomic mass is 16.5. The van der Waals surface area contributed by atoms with Crippen molar-refractivity contribution in [3.05, 3.63) is 0 Å². The molecule has 0 aromatic carbocycles. The minimum atomic E-state index is 0.153. The van der Waals surface area contributed by atoms with Crippen LogP contribution in [0.25, 0.3) is 0 Å². The van der Waals surface area contributed by atoms with E-state index in [1.165, 1.54) is 32.1 Å². The van der Waals surface area contributed by atoms with Crippen LogP contribution in [-0.4, -0.2) is 45.0 Å². The number of nitrogens with zero attached hydrogens (tertiary/aromatic N) is 1. The Bertz CT molecular complexity index is 290. The summed E-state index contributed by atoms with van der Waals surface area (Å²) in [7, 11) is 1.74. The number of nitrogens with one attached hydrogen (secondary N) is 1. The molecular weight excluding hydrogens is 242 g/mol. The normalized spacial score (nSPS) is 30.3. The Morgan fingerprint density at radius 2 is 2.11 bits per heavy atom. The first-order valence-corrected chi connectivity index (χ1v) is 7.46. The molecule has 0 aromatic rings. The van der Waals surface area contributed by atoms with Gasteiger partial charge in [0.1, 0.15) is 0 Å². The lowest BCUT2D eigenvalue weighted by molar-refractivity contribution is -0.0624. The molecule has 5 nitrogen and oxygen atoms in total. The Morgan fingerprint density at radius 3 is 2.84 bits per heavy atom. The van der Waals surface area contributed by atoms with Gasteiger partial charge in [-0.05, 0) is 19.3 Å². The topological polar surface area (TPSA) is 68.9 Å². The average molecular weight is 269 g/mol. The lowest BCUT2D eigenvalue weighted by Crippen LogP contribution is -2.42. The lowest BCUT2D eigenvalue weighted by Gasteiger charge is -2.29. The Balaban J connectivity index is 1.76. The van der Waals surface area contributed by atoms with Crippen LogP contribution in [-0.2, 0) is 9.47 Å². The maximum absolute atomic E-state index is 5.98. The molecule has 0 aromatic heterocycles. The molecule has 2 aliphatic rings. The third kappa shape index (κ3) is 4.66. The van der Waals surface area contributed by atoms with E-state index >= 15 is 0 Å². The van der Waals surface area contributed by atoms with Crippen LogP contribution < -0.4 is 11.1 Å². The molecule has 19 heavy (non-hydrogen) atoms. The molecule has 0 amide bonds. The molecule has 1 aliphatic carbocycles. The predicted molar refractivity (Wildman–Crippen MR) is 76.2 cm³/mol. The van der Waals surface area contributed by atoms with E-state index in [1.807, 2.05) is 0 Å². The molecule has 0 bridgehead atoms. The highest BCUT2D eigenvalue weighted by molar-refractivity contribution is 5.78. The summed E-state index contributed by atoms with van der Waals surface area (Å²) in [6, 6.07) is 0.519. The quantitative estimate of drug-likeness (QED) is 0.596. The number of ether oxygens (including phenoxy) is 2. The molecule has 1 saturated heterocycles. The fourth-order valence-electron chi connectivity index (χ4n) is 2.94. The lowest BCUT2D eigenvalue weighted by atomic mass is 9.96. The van der Waals surface area contributed by atoms with E-state index in [0.717, 1.165) is 19.6 Å². The van der Waals surface area contributed by atoms with Crippen molar-refractivity contribution in [2.75, 3.05) is 26.9 Å². The van der Waals surface area contributed by atoms with Gasteiger partial charge in [0.15, 0.2) is 5.96 Å². The zero-order valence-electron chi connectivity index (χ0n) is 11.9. The van der Waals surface area contributed by atoms with Crippen LogP contribution in [0.3, 0.4) is 0 Å². The molecule has 1 aliphatic heterocycles. The molecule has 2 unspecified atom stereocenters. The second kappa shape index (κ2) is 7.70. The smallest absolute Gasteiger partial charge is 0.188 e. The Labute approximate surface area is 115 Å². The van der Waals surface area contributed by atoms with Gasteiger partial charge in [-0.3, -0.25) is 4.99 Å². The fraction of sp³-hybridized carbons (Fsp3) is 0.929. The van der Waals surface area contributed by atoms with E-state index in [0.29, 0.717) is 24.5 Å². The Hall–Kier alpha value is -0.810. The molecule has 2 atom stereocenters. The fourth-order valence-corrected chi connectivity index (χ4v) is 2.94. The first-order valence-electron chi connectivity index (χ1n) is 7.46. The molecular formula is C14H27N3O2. The highest BCUT2D eigenvalue weighted by Crippen LogP contribution is 2.19. The predicted octanol–water partition coefficient (Wildman–Crippen LogP) is 1.27. The number of hydrogen-bond donors (Lipinski definition) is 2. The van der Waals surface area contributed by atoms with E-state index in [-0.39, 0.29) is 6.10 Å². The summed E-state index contributed by atoms with van der Waals surface area (Å²) >= 11 is 0. The zero-order chi connectivity index (χ0) is 13.5. The summed E-state index contributed by atoms with van der Waals surface area (Å²) in [5, 5.41) is 3.35. The van der Waals surface area contributed by atoms with Crippen molar-refractivity contribution in [1.82, 2.24) is 5.32 Å². The molecule has 1 heterocycles. The van der Waals surface area contributed by atoms with Gasteiger partial charge in [0.25, 0.3) is 0 Å². The Morgan fingerprint density at radius 1 is 1.32 bits per heavy atom. The van der Waals surface area contributed by atoms with Gasteiger partial charge >= 0.3 is 0 Å². The molecule has 110 valence electrons. The SMILES string of the molecule is COC1COCCC1CN=C(N)NC1CCCCC1. The summed E-state index contributed by atoms with van der Waals surface area (Å²) < 4.78 is 10.8. The minimum absolute atomic E-state index is 0.153. The minimum Gasteiger partial charge on any atom is -0.379 e. The molecule has 0 spiro atoms. The number of rotatable bonds is 4. The van der Waals surface area contributed by atoms with Crippen LogP contribution >= 0.6 is 0 Å². The number of nitrogens with two attached hydrogens (primary N) is 1. The maximum Gasteiger partial charge on any atom is 0.188 e. The van der Waals surface area contributed by atoms with Crippen LogP contribution in [0.15, 0.2) is 4.99 Å². The van der Waals surface area contributed by atoms with Crippen LogP contribution in [0.2, 0.25) is 0 Å². The van der Waals surface area contributed by atoms with Gasteiger partial charge in [0.2, 0.25) is 0 Å². The summed E-state index contributed by atoms with van der Waals surface area (Å²) in [4.78, 5) is 4.49. The average Bonchev–Trinajstić information content (AvgIpc) is 2.46. The first kappa shape index (κ1) is 14.6. The van der Waals surface area contributed by atoms with Crippen molar-refractivity contribution in [2.24, 2.45) is 16.6 Å². The van der Waals surface area contributed by atoms with Crippen molar-refractivity contribution in [1.29, 1.82) is 0 Å². The van der Waals surface area contributed by atoms with Crippen molar-refractivity contribution < 1.29 is 9.47 Å². The van der Waals surface area contributed by atoms with E-state index in [9.17, 15) is 0 Å². The number of methoxy groups -OCH3 is 1. The third-order valence-electron chi connectivity index (χ3n) is 4.20. The summed E-state index contributed by atoms with van der Waals surface area (Å²) in [5.41, 5.74) is 5.98. The number of aliphatic imine (C=N–C) groups is 1. The first-order chi connectivity index (χ1) is 9.29. The van der Waals surface area contributed by atoms with Gasteiger partial charge in [-0.2, -0.15) is 0 Å². The molecule has 1 saturated carbocycles. The van der Waals surface area contributed by atoms with E-state index in [2.05, 4.69) is 10.3 Å². The van der Waals surface area contributed by atoms with Crippen LogP contribution in [0.4, 0.5) is 0 Å². The monoisotopic (exact) mass is 269 g/mol. The van der Waals surface area contributed by atoms with E-state index in [1.54, 1.807) is 7.11 Å². The zero-order valence-corrected chi connectivity index (χ0v) is 11.9. The van der Waals surface area contributed by atoms with Crippen LogP contribution in [0, 0.1) is 5.92 Å². The van der Waals surface area contributed by atoms with Gasteiger partial charge in [0, 0.05) is 32.2 Å². The van der Waals surface area contributed by atoms with Crippen molar-refractivity contribution in [3.8, 4) is 0 Å². The third-order valence-corrected chi connectivity index (χ3v) is 4.20. The molecule has 2 rings (SSSR count). The number of guanidine groups is 1. The molecule has 3 N–H and O–H groups in total. The summed E-state index contributed by atoms with van der Waals surface area (Å²) in [6.45, 7) is 2.20. The standard InChI is InChI=1S/C14H27N3O2/c1-18-13-10-19-8-7-11(13)9-16-14(15)17-12-5-3-2-4-6-12/h11-13H,2-10H2,1H3,(H3,15,16,17). The van der Waals surface area contributed by atoms with Gasteiger partial charge in [-0.15, -0.1) is 0 Å². The Kier molecular flexibility index (Phi) is 5.92. The number of hydrogen-bond acceptors (Lipinski definition) is 3.